The van der Waals surface area contributed by atoms with Crippen molar-refractivity contribution in [1.82, 2.24) is 26.6 Å². The average Bonchev–Trinajstić information content (AvgIpc) is 2.85. The molecule has 0 radical (unpaired) electrons. The molecule has 0 saturated heterocycles. The minimum atomic E-state index is -1.28. The lowest BCUT2D eigenvalue weighted by Gasteiger charge is -2.22. The van der Waals surface area contributed by atoms with E-state index in [1.165, 1.54) is 0 Å². The Labute approximate surface area is 226 Å². The summed E-state index contributed by atoms with van der Waals surface area (Å²) in [6.45, 7) is 4.23. The fraction of sp³-hybridized carbons (Fsp3) is 0.520. The molecule has 0 aliphatic carbocycles. The van der Waals surface area contributed by atoms with Crippen molar-refractivity contribution < 1.29 is 38.6 Å². The molecule has 216 valence electrons. The van der Waals surface area contributed by atoms with E-state index in [0.29, 0.717) is 6.42 Å². The maximum atomic E-state index is 13.0. The topological polar surface area (TPSA) is 218 Å². The molecule has 1 rings (SSSR count). The van der Waals surface area contributed by atoms with Crippen molar-refractivity contribution in [3.05, 3.63) is 35.9 Å². The van der Waals surface area contributed by atoms with Crippen LogP contribution in [-0.2, 0) is 30.3 Å². The number of benzene rings is 1. The number of urea groups is 1. The van der Waals surface area contributed by atoms with Gasteiger partial charge in [-0.3, -0.25) is 14.4 Å². The number of hydrogen-bond donors (Lipinski definition) is 7. The fourth-order valence-corrected chi connectivity index (χ4v) is 3.23. The predicted molar refractivity (Wildman–Crippen MR) is 140 cm³/mol. The highest BCUT2D eigenvalue weighted by molar-refractivity contribution is 5.92. The molecule has 1 aromatic rings. The third-order valence-electron chi connectivity index (χ3n) is 5.04. The van der Waals surface area contributed by atoms with Gasteiger partial charge >= 0.3 is 18.1 Å². The van der Waals surface area contributed by atoms with Gasteiger partial charge in [0.1, 0.15) is 24.2 Å². The highest BCUT2D eigenvalue weighted by Crippen LogP contribution is 2.07. The molecular weight excluding hydrogens is 512 g/mol. The number of carbonyl (C=O) groups is 6. The Kier molecular flexibility index (Phi) is 13.8. The number of alkyl carbamates (subject to hydrolysis) is 1. The van der Waals surface area contributed by atoms with E-state index in [1.807, 2.05) is 30.3 Å². The molecule has 0 aromatic heterocycles. The number of carboxylic acid groups (broad SMARTS) is 1. The number of nitrogens with one attached hydrogen (secondary N) is 5. The molecule has 0 spiro atoms. The monoisotopic (exact) mass is 550 g/mol. The summed E-state index contributed by atoms with van der Waals surface area (Å²) in [6.07, 6.45) is 0.0290. The summed E-state index contributed by atoms with van der Waals surface area (Å²) in [7, 11) is 0. The first kappa shape index (κ1) is 32.7. The zero-order chi connectivity index (χ0) is 29.4. The minimum Gasteiger partial charge on any atom is -0.480 e. The van der Waals surface area contributed by atoms with Gasteiger partial charge in [-0.15, -0.1) is 0 Å². The molecule has 0 fully saturated rings. The van der Waals surface area contributed by atoms with Gasteiger partial charge in [0.2, 0.25) is 17.7 Å². The van der Waals surface area contributed by atoms with Gasteiger partial charge in [-0.25, -0.2) is 14.4 Å². The minimum absolute atomic E-state index is 0.0153. The summed E-state index contributed by atoms with van der Waals surface area (Å²) >= 11 is 0. The Balaban J connectivity index is 2.72. The number of carbonyl (C=O) groups excluding carboxylic acids is 5. The van der Waals surface area contributed by atoms with E-state index in [9.17, 15) is 33.9 Å². The van der Waals surface area contributed by atoms with Crippen LogP contribution in [-0.4, -0.2) is 78.2 Å². The van der Waals surface area contributed by atoms with Crippen LogP contribution < -0.4 is 32.3 Å². The average molecular weight is 551 g/mol. The van der Waals surface area contributed by atoms with Crippen LogP contribution in [0.5, 0.6) is 0 Å². The number of nitrogens with two attached hydrogens (primary N) is 1. The normalized spacial score (nSPS) is 12.3. The van der Waals surface area contributed by atoms with Crippen LogP contribution >= 0.6 is 0 Å². The number of primary amides is 1. The highest BCUT2D eigenvalue weighted by atomic mass is 16.6. The van der Waals surface area contributed by atoms with E-state index >= 15 is 0 Å². The Morgan fingerprint density at radius 3 is 2.10 bits per heavy atom. The molecule has 0 heterocycles. The molecule has 6 amide bonds. The number of ether oxygens (including phenoxy) is 1. The van der Waals surface area contributed by atoms with Gasteiger partial charge in [0.05, 0.1) is 6.54 Å². The molecule has 2 atom stereocenters. The number of carboxylic acids is 1. The SMILES string of the molecule is CC(C)(C)OC(=O)NCC(=O)NCC(=O)N[C@@H](CCc1ccccc1)C(=O)N[C@@H](CCCNC(N)=O)C(=O)O. The van der Waals surface area contributed by atoms with Crippen molar-refractivity contribution in [2.75, 3.05) is 19.6 Å². The first-order valence-corrected chi connectivity index (χ1v) is 12.4. The Hall–Kier alpha value is -4.36. The molecule has 0 aliphatic heterocycles. The first-order valence-electron chi connectivity index (χ1n) is 12.4. The summed E-state index contributed by atoms with van der Waals surface area (Å²) in [5.74, 6) is -3.34. The van der Waals surface area contributed by atoms with Crippen molar-refractivity contribution in [2.45, 2.75) is 64.1 Å². The molecule has 0 unspecified atom stereocenters. The molecule has 14 heteroatoms. The Morgan fingerprint density at radius 2 is 1.51 bits per heavy atom. The van der Waals surface area contributed by atoms with Crippen molar-refractivity contribution >= 4 is 35.8 Å². The van der Waals surface area contributed by atoms with Crippen molar-refractivity contribution in [3.8, 4) is 0 Å². The number of aliphatic carboxylic acids is 1. The summed E-state index contributed by atoms with van der Waals surface area (Å²) in [6, 6.07) is 6.07. The van der Waals surface area contributed by atoms with Crippen molar-refractivity contribution in [1.29, 1.82) is 0 Å². The highest BCUT2D eigenvalue weighted by Gasteiger charge is 2.26. The van der Waals surface area contributed by atoms with Gasteiger partial charge in [0.15, 0.2) is 0 Å². The standard InChI is InChI=1S/C25H38N6O8/c1-25(2,3)39-24(38)29-14-19(32)28-15-20(33)30-17(12-11-16-8-5-4-6-9-16)21(34)31-18(22(35)36)10-7-13-27-23(26)37/h4-6,8-9,17-18H,7,10-15H2,1-3H3,(H,28,32)(H,29,38)(H,30,33)(H,31,34)(H,35,36)(H3,26,27,37)/t17-,18-/m0/s1. The van der Waals surface area contributed by atoms with Crippen LogP contribution in [0.25, 0.3) is 0 Å². The zero-order valence-electron chi connectivity index (χ0n) is 22.4. The van der Waals surface area contributed by atoms with Gasteiger partial charge < -0.3 is 42.2 Å². The Bertz CT molecular complexity index is 996. The van der Waals surface area contributed by atoms with Crippen molar-refractivity contribution in [3.63, 3.8) is 0 Å². The zero-order valence-corrected chi connectivity index (χ0v) is 22.4. The van der Waals surface area contributed by atoms with E-state index < -0.39 is 66.6 Å². The second kappa shape index (κ2) is 16.5. The van der Waals surface area contributed by atoms with E-state index in [0.717, 1.165) is 5.56 Å². The van der Waals surface area contributed by atoms with Gasteiger partial charge in [-0.05, 0) is 52.0 Å². The van der Waals surface area contributed by atoms with Gasteiger partial charge in [0.25, 0.3) is 0 Å². The van der Waals surface area contributed by atoms with Crippen LogP contribution in [0.4, 0.5) is 9.59 Å². The third-order valence-corrected chi connectivity index (χ3v) is 5.04. The second-order valence-electron chi connectivity index (χ2n) is 9.61. The molecule has 0 saturated carbocycles. The smallest absolute Gasteiger partial charge is 0.408 e. The summed E-state index contributed by atoms with van der Waals surface area (Å²) in [5.41, 5.74) is 5.15. The molecule has 39 heavy (non-hydrogen) atoms. The number of hydrogen-bond acceptors (Lipinski definition) is 7. The van der Waals surface area contributed by atoms with E-state index in [1.54, 1.807) is 20.8 Å². The number of rotatable bonds is 15. The van der Waals surface area contributed by atoms with Gasteiger partial charge in [-0.1, -0.05) is 30.3 Å². The lowest BCUT2D eigenvalue weighted by Crippen LogP contribution is -2.53. The molecule has 1 aromatic carbocycles. The van der Waals surface area contributed by atoms with E-state index in [4.69, 9.17) is 10.5 Å². The van der Waals surface area contributed by atoms with Crippen LogP contribution in [0.1, 0.15) is 45.6 Å². The Morgan fingerprint density at radius 1 is 0.872 bits per heavy atom. The lowest BCUT2D eigenvalue weighted by molar-refractivity contribution is -0.142. The van der Waals surface area contributed by atoms with Crippen LogP contribution in [0.3, 0.4) is 0 Å². The summed E-state index contributed by atoms with van der Waals surface area (Å²) in [5, 5.41) is 21.4. The summed E-state index contributed by atoms with van der Waals surface area (Å²) in [4.78, 5) is 71.6. The third kappa shape index (κ3) is 15.5. The van der Waals surface area contributed by atoms with Crippen LogP contribution in [0.15, 0.2) is 30.3 Å². The largest absolute Gasteiger partial charge is 0.480 e. The fourth-order valence-electron chi connectivity index (χ4n) is 3.23. The molecular formula is C25H38N6O8. The molecule has 0 aliphatic rings. The quantitative estimate of drug-likeness (QED) is 0.144. The number of aryl methyl sites for hydroxylation is 1. The van der Waals surface area contributed by atoms with Crippen molar-refractivity contribution in [2.24, 2.45) is 5.73 Å². The number of amides is 6. The second-order valence-corrected chi connectivity index (χ2v) is 9.61. The van der Waals surface area contributed by atoms with E-state index in [-0.39, 0.29) is 25.8 Å². The predicted octanol–water partition coefficient (Wildman–Crippen LogP) is -0.237. The first-order chi connectivity index (χ1) is 18.3. The van der Waals surface area contributed by atoms with Gasteiger partial charge in [-0.2, -0.15) is 0 Å². The van der Waals surface area contributed by atoms with Crippen LogP contribution in [0.2, 0.25) is 0 Å². The molecule has 8 N–H and O–H groups in total. The maximum absolute atomic E-state index is 13.0. The van der Waals surface area contributed by atoms with E-state index in [2.05, 4.69) is 26.6 Å². The maximum Gasteiger partial charge on any atom is 0.408 e. The molecule has 0 bridgehead atoms. The van der Waals surface area contributed by atoms with Crippen LogP contribution in [0, 0.1) is 0 Å². The summed E-state index contributed by atoms with van der Waals surface area (Å²) < 4.78 is 5.03. The lowest BCUT2D eigenvalue weighted by atomic mass is 10.0. The van der Waals surface area contributed by atoms with Gasteiger partial charge in [0, 0.05) is 6.54 Å². The molecule has 14 nitrogen and oxygen atoms in total.